The van der Waals surface area contributed by atoms with Crippen molar-refractivity contribution in [1.82, 2.24) is 9.88 Å². The molecular formula is C14H18N2. The van der Waals surface area contributed by atoms with Crippen molar-refractivity contribution in [3.05, 3.63) is 53.5 Å². The van der Waals surface area contributed by atoms with Crippen LogP contribution in [0.1, 0.15) is 25.0 Å². The number of aromatic nitrogens is 1. The fourth-order valence-corrected chi connectivity index (χ4v) is 2.24. The van der Waals surface area contributed by atoms with Crippen molar-refractivity contribution in [3.8, 4) is 0 Å². The van der Waals surface area contributed by atoms with Gasteiger partial charge in [-0.1, -0.05) is 11.6 Å². The third-order valence-corrected chi connectivity index (χ3v) is 3.39. The summed E-state index contributed by atoms with van der Waals surface area (Å²) in [5, 5.41) is 0. The quantitative estimate of drug-likeness (QED) is 0.714. The first-order valence-electron chi connectivity index (χ1n) is 5.56. The molecule has 1 aliphatic heterocycles. The van der Waals surface area contributed by atoms with Crippen LogP contribution in [0.4, 0.5) is 0 Å². The van der Waals surface area contributed by atoms with Crippen molar-refractivity contribution in [1.29, 1.82) is 0 Å². The zero-order valence-electron chi connectivity index (χ0n) is 10.4. The predicted octanol–water partition coefficient (Wildman–Crippen LogP) is 3.01. The molecule has 2 rings (SSSR count). The van der Waals surface area contributed by atoms with E-state index in [-0.39, 0.29) is 5.54 Å². The lowest BCUT2D eigenvalue weighted by Gasteiger charge is -2.39. The molecule has 0 spiro atoms. The summed E-state index contributed by atoms with van der Waals surface area (Å²) in [6.07, 6.45) is 10.4. The minimum absolute atomic E-state index is 0.0861. The Morgan fingerprint density at radius 3 is 2.75 bits per heavy atom. The Morgan fingerprint density at radius 2 is 2.06 bits per heavy atom. The Hall–Kier alpha value is -1.57. The number of rotatable bonds is 1. The third kappa shape index (κ3) is 1.64. The molecule has 2 heterocycles. The van der Waals surface area contributed by atoms with Crippen molar-refractivity contribution in [2.75, 3.05) is 7.05 Å². The maximum absolute atomic E-state index is 4.25. The Kier molecular flexibility index (Phi) is 2.58. The van der Waals surface area contributed by atoms with Crippen LogP contribution in [0.5, 0.6) is 0 Å². The first kappa shape index (κ1) is 10.9. The van der Waals surface area contributed by atoms with Crippen molar-refractivity contribution in [2.45, 2.75) is 26.3 Å². The van der Waals surface area contributed by atoms with E-state index < -0.39 is 0 Å². The second-order valence-corrected chi connectivity index (χ2v) is 4.65. The van der Waals surface area contributed by atoms with Gasteiger partial charge in [-0.2, -0.15) is 0 Å². The summed E-state index contributed by atoms with van der Waals surface area (Å²) in [5.74, 6) is 0. The molecule has 1 aliphatic rings. The molecule has 0 bridgehead atoms. The van der Waals surface area contributed by atoms with Crippen molar-refractivity contribution < 1.29 is 0 Å². The van der Waals surface area contributed by atoms with Gasteiger partial charge in [-0.15, -0.1) is 0 Å². The van der Waals surface area contributed by atoms with Crippen molar-refractivity contribution in [2.24, 2.45) is 0 Å². The first-order chi connectivity index (χ1) is 7.54. The van der Waals surface area contributed by atoms with Gasteiger partial charge in [0.1, 0.15) is 0 Å². The standard InChI is InChI=1S/C14H18N2/c1-11-6-8-16(4)14(3,9-11)13-10-15-7-5-12(13)2/h5-10H,1-4H3. The van der Waals surface area contributed by atoms with Gasteiger partial charge in [0.2, 0.25) is 0 Å². The molecule has 1 aromatic heterocycles. The molecule has 2 heteroatoms. The molecule has 1 unspecified atom stereocenters. The zero-order valence-corrected chi connectivity index (χ0v) is 10.4. The van der Waals surface area contributed by atoms with Gasteiger partial charge in [0.15, 0.2) is 0 Å². The van der Waals surface area contributed by atoms with Crippen LogP contribution in [0.3, 0.4) is 0 Å². The van der Waals surface area contributed by atoms with Gasteiger partial charge in [0, 0.05) is 31.2 Å². The van der Waals surface area contributed by atoms with E-state index in [2.05, 4.69) is 62.1 Å². The van der Waals surface area contributed by atoms with Gasteiger partial charge in [-0.25, -0.2) is 0 Å². The zero-order chi connectivity index (χ0) is 11.8. The fraction of sp³-hybridized carbons (Fsp3) is 0.357. The molecular weight excluding hydrogens is 196 g/mol. The summed E-state index contributed by atoms with van der Waals surface area (Å²) >= 11 is 0. The molecule has 0 saturated carbocycles. The van der Waals surface area contributed by atoms with Crippen molar-refractivity contribution >= 4 is 0 Å². The van der Waals surface area contributed by atoms with E-state index in [0.29, 0.717) is 0 Å². The number of pyridine rings is 1. The molecule has 84 valence electrons. The highest BCUT2D eigenvalue weighted by Gasteiger charge is 2.30. The van der Waals surface area contributed by atoms with Crippen LogP contribution in [-0.4, -0.2) is 16.9 Å². The van der Waals surface area contributed by atoms with Gasteiger partial charge in [-0.05, 0) is 38.5 Å². The highest BCUT2D eigenvalue weighted by molar-refractivity contribution is 5.39. The van der Waals surface area contributed by atoms with Crippen LogP contribution in [0.15, 0.2) is 42.4 Å². The smallest absolute Gasteiger partial charge is 0.0823 e. The number of allylic oxidation sites excluding steroid dienone is 2. The normalized spacial score (nSPS) is 24.5. The number of aryl methyl sites for hydroxylation is 1. The van der Waals surface area contributed by atoms with Crippen molar-refractivity contribution in [3.63, 3.8) is 0 Å². The highest BCUT2D eigenvalue weighted by Crippen LogP contribution is 2.34. The molecule has 1 aromatic rings. The topological polar surface area (TPSA) is 16.1 Å². The SMILES string of the molecule is CC1=CC(C)(c2cnccc2C)N(C)C=C1. The summed E-state index contributed by atoms with van der Waals surface area (Å²) in [6.45, 7) is 6.50. The Bertz CT molecular complexity index is 460. The Labute approximate surface area is 97.3 Å². The fourth-order valence-electron chi connectivity index (χ4n) is 2.24. The van der Waals surface area contributed by atoms with E-state index in [0.717, 1.165) is 0 Å². The summed E-state index contributed by atoms with van der Waals surface area (Å²) in [7, 11) is 2.10. The Balaban J connectivity index is 2.54. The van der Waals surface area contributed by atoms with Crippen LogP contribution < -0.4 is 0 Å². The van der Waals surface area contributed by atoms with E-state index >= 15 is 0 Å². The maximum atomic E-state index is 4.25. The minimum Gasteiger partial charge on any atom is -0.367 e. The number of likely N-dealkylation sites (N-methyl/N-ethyl adjacent to an activating group) is 1. The first-order valence-corrected chi connectivity index (χ1v) is 5.56. The van der Waals surface area contributed by atoms with E-state index in [9.17, 15) is 0 Å². The molecule has 0 N–H and O–H groups in total. The molecule has 2 nitrogen and oxygen atoms in total. The van der Waals surface area contributed by atoms with Crippen LogP contribution in [0, 0.1) is 6.92 Å². The molecule has 0 radical (unpaired) electrons. The molecule has 16 heavy (non-hydrogen) atoms. The maximum Gasteiger partial charge on any atom is 0.0823 e. The van der Waals surface area contributed by atoms with E-state index in [1.165, 1.54) is 16.7 Å². The molecule has 0 aliphatic carbocycles. The minimum atomic E-state index is -0.0861. The monoisotopic (exact) mass is 214 g/mol. The molecule has 0 fully saturated rings. The molecule has 1 atom stereocenters. The third-order valence-electron chi connectivity index (χ3n) is 3.39. The number of hydrogen-bond donors (Lipinski definition) is 0. The van der Waals surface area contributed by atoms with Crippen LogP contribution in [0.2, 0.25) is 0 Å². The molecule has 0 amide bonds. The lowest BCUT2D eigenvalue weighted by molar-refractivity contribution is 0.258. The van der Waals surface area contributed by atoms with Gasteiger partial charge < -0.3 is 4.90 Å². The molecule has 0 saturated heterocycles. The van der Waals surface area contributed by atoms with Gasteiger partial charge in [-0.3, -0.25) is 4.98 Å². The van der Waals surface area contributed by atoms with E-state index in [4.69, 9.17) is 0 Å². The van der Waals surface area contributed by atoms with Crippen LogP contribution in [-0.2, 0) is 5.54 Å². The number of hydrogen-bond acceptors (Lipinski definition) is 2. The number of nitrogens with zero attached hydrogens (tertiary/aromatic N) is 2. The van der Waals surface area contributed by atoms with Crippen LogP contribution in [0.25, 0.3) is 0 Å². The predicted molar refractivity (Wildman–Crippen MR) is 67.0 cm³/mol. The summed E-state index contributed by atoms with van der Waals surface area (Å²) in [4.78, 5) is 6.47. The average molecular weight is 214 g/mol. The lowest BCUT2D eigenvalue weighted by atomic mass is 9.85. The summed E-state index contributed by atoms with van der Waals surface area (Å²) < 4.78 is 0. The van der Waals surface area contributed by atoms with Gasteiger partial charge >= 0.3 is 0 Å². The average Bonchev–Trinajstić information content (AvgIpc) is 2.24. The van der Waals surface area contributed by atoms with E-state index in [1.807, 2.05) is 12.4 Å². The lowest BCUT2D eigenvalue weighted by Crippen LogP contribution is -2.38. The van der Waals surface area contributed by atoms with Crippen LogP contribution >= 0.6 is 0 Å². The summed E-state index contributed by atoms with van der Waals surface area (Å²) in [5.41, 5.74) is 3.76. The van der Waals surface area contributed by atoms with Gasteiger partial charge in [0.05, 0.1) is 5.54 Å². The largest absolute Gasteiger partial charge is 0.367 e. The molecule has 0 aromatic carbocycles. The van der Waals surface area contributed by atoms with E-state index in [1.54, 1.807) is 0 Å². The summed E-state index contributed by atoms with van der Waals surface area (Å²) in [6, 6.07) is 2.07. The second-order valence-electron chi connectivity index (χ2n) is 4.65. The Morgan fingerprint density at radius 1 is 1.31 bits per heavy atom. The van der Waals surface area contributed by atoms with Gasteiger partial charge in [0.25, 0.3) is 0 Å². The second kappa shape index (κ2) is 3.78. The highest BCUT2D eigenvalue weighted by atomic mass is 15.2.